The zero-order valence-electron chi connectivity index (χ0n) is 15.4. The molecule has 6 heteroatoms. The Labute approximate surface area is 154 Å². The van der Waals surface area contributed by atoms with Crippen molar-refractivity contribution in [3.05, 3.63) is 36.7 Å². The molecule has 2 aromatic rings. The minimum Gasteiger partial charge on any atom is -0.490 e. The van der Waals surface area contributed by atoms with Gasteiger partial charge in [-0.1, -0.05) is 12.1 Å². The Morgan fingerprint density at radius 2 is 2.04 bits per heavy atom. The first-order chi connectivity index (χ1) is 12.6. The molecule has 6 nitrogen and oxygen atoms in total. The van der Waals surface area contributed by atoms with E-state index >= 15 is 0 Å². The van der Waals surface area contributed by atoms with Crippen LogP contribution in [0.15, 0.2) is 36.7 Å². The molecule has 3 rings (SSSR count). The van der Waals surface area contributed by atoms with E-state index in [4.69, 9.17) is 15.2 Å². The standard InChI is InChI=1S/C20H27N3O3/c1-13(25-2)19(21)20(24)23-15-6-8-16(9-7-15)26-18-5-3-4-14-12-22-11-10-17(14)18/h3-5,10-13,15-16,19H,6-9,21H2,1-2H3,(H,23,24)/t13-,15?,16?,19+/m1/s1. The van der Waals surface area contributed by atoms with Crippen LogP contribution in [0.3, 0.4) is 0 Å². The Balaban J connectivity index is 1.53. The van der Waals surface area contributed by atoms with Crippen LogP contribution >= 0.6 is 0 Å². The number of ether oxygens (including phenoxy) is 2. The van der Waals surface area contributed by atoms with E-state index in [1.54, 1.807) is 20.2 Å². The predicted molar refractivity (Wildman–Crippen MR) is 101 cm³/mol. The van der Waals surface area contributed by atoms with Gasteiger partial charge in [-0.2, -0.15) is 0 Å². The summed E-state index contributed by atoms with van der Waals surface area (Å²) in [5, 5.41) is 5.20. The molecule has 1 aliphatic rings. The number of hydrogen-bond donors (Lipinski definition) is 2. The van der Waals surface area contributed by atoms with E-state index in [0.717, 1.165) is 42.2 Å². The van der Waals surface area contributed by atoms with E-state index in [1.165, 1.54) is 0 Å². The van der Waals surface area contributed by atoms with Gasteiger partial charge in [-0.3, -0.25) is 9.78 Å². The summed E-state index contributed by atoms with van der Waals surface area (Å²) in [6.45, 7) is 1.80. The number of pyridine rings is 1. The quantitative estimate of drug-likeness (QED) is 0.829. The van der Waals surface area contributed by atoms with Crippen molar-refractivity contribution in [1.29, 1.82) is 0 Å². The molecule has 2 atom stereocenters. The SMILES string of the molecule is CO[C@H](C)[C@H](N)C(=O)NC1CCC(Oc2cccc3cnccc23)CC1. The molecule has 1 aliphatic carbocycles. The second kappa shape index (κ2) is 8.47. The van der Waals surface area contributed by atoms with Crippen molar-refractivity contribution >= 4 is 16.7 Å². The first kappa shape index (κ1) is 18.6. The van der Waals surface area contributed by atoms with Crippen molar-refractivity contribution in [1.82, 2.24) is 10.3 Å². The number of aromatic nitrogens is 1. The van der Waals surface area contributed by atoms with Crippen LogP contribution < -0.4 is 15.8 Å². The van der Waals surface area contributed by atoms with Gasteiger partial charge in [-0.25, -0.2) is 0 Å². The van der Waals surface area contributed by atoms with Gasteiger partial charge >= 0.3 is 0 Å². The van der Waals surface area contributed by atoms with E-state index in [1.807, 2.05) is 30.5 Å². The number of benzene rings is 1. The highest BCUT2D eigenvalue weighted by molar-refractivity contribution is 5.87. The van der Waals surface area contributed by atoms with E-state index in [2.05, 4.69) is 10.3 Å². The smallest absolute Gasteiger partial charge is 0.239 e. The first-order valence-electron chi connectivity index (χ1n) is 9.16. The molecule has 0 saturated heterocycles. The number of fused-ring (bicyclic) bond motifs is 1. The molecule has 1 aromatic heterocycles. The number of carbonyl (C=O) groups is 1. The number of rotatable bonds is 6. The van der Waals surface area contributed by atoms with Crippen LogP contribution in [-0.4, -0.2) is 42.3 Å². The van der Waals surface area contributed by atoms with Gasteiger partial charge in [-0.05, 0) is 44.7 Å². The van der Waals surface area contributed by atoms with Crippen molar-refractivity contribution in [3.63, 3.8) is 0 Å². The summed E-state index contributed by atoms with van der Waals surface area (Å²) in [5.41, 5.74) is 5.90. The van der Waals surface area contributed by atoms with Crippen molar-refractivity contribution < 1.29 is 14.3 Å². The van der Waals surface area contributed by atoms with Crippen molar-refractivity contribution in [2.24, 2.45) is 5.73 Å². The highest BCUT2D eigenvalue weighted by atomic mass is 16.5. The number of nitrogens with zero attached hydrogens (tertiary/aromatic N) is 1. The lowest BCUT2D eigenvalue weighted by molar-refractivity contribution is -0.126. The fourth-order valence-corrected chi connectivity index (χ4v) is 3.36. The largest absolute Gasteiger partial charge is 0.490 e. The molecule has 0 unspecified atom stereocenters. The summed E-state index contributed by atoms with van der Waals surface area (Å²) in [6, 6.07) is 7.51. The van der Waals surface area contributed by atoms with E-state index in [-0.39, 0.29) is 24.2 Å². The average molecular weight is 357 g/mol. The molecule has 3 N–H and O–H groups in total. The Morgan fingerprint density at radius 1 is 1.27 bits per heavy atom. The van der Waals surface area contributed by atoms with Crippen LogP contribution in [0.5, 0.6) is 5.75 Å². The minimum absolute atomic E-state index is 0.147. The predicted octanol–water partition coefficient (Wildman–Crippen LogP) is 2.40. The van der Waals surface area contributed by atoms with E-state index in [9.17, 15) is 4.79 Å². The van der Waals surface area contributed by atoms with Gasteiger partial charge < -0.3 is 20.5 Å². The Bertz CT molecular complexity index is 739. The van der Waals surface area contributed by atoms with Crippen molar-refractivity contribution in [3.8, 4) is 5.75 Å². The average Bonchev–Trinajstić information content (AvgIpc) is 2.68. The molecule has 1 heterocycles. The maximum Gasteiger partial charge on any atom is 0.239 e. The van der Waals surface area contributed by atoms with Crippen LogP contribution in [0.4, 0.5) is 0 Å². The third-order valence-electron chi connectivity index (χ3n) is 5.14. The fraction of sp³-hybridized carbons (Fsp3) is 0.500. The molecule has 0 aliphatic heterocycles. The fourth-order valence-electron chi connectivity index (χ4n) is 3.36. The van der Waals surface area contributed by atoms with Crippen LogP contribution in [0.2, 0.25) is 0 Å². The highest BCUT2D eigenvalue weighted by Gasteiger charge is 2.27. The molecular weight excluding hydrogens is 330 g/mol. The summed E-state index contributed by atoms with van der Waals surface area (Å²) < 4.78 is 11.4. The molecule has 0 spiro atoms. The minimum atomic E-state index is -0.640. The highest BCUT2D eigenvalue weighted by Crippen LogP contribution is 2.29. The molecule has 0 bridgehead atoms. The zero-order valence-corrected chi connectivity index (χ0v) is 15.4. The van der Waals surface area contributed by atoms with Gasteiger partial charge in [0.05, 0.1) is 12.2 Å². The van der Waals surface area contributed by atoms with E-state index < -0.39 is 6.04 Å². The third kappa shape index (κ3) is 4.31. The summed E-state index contributed by atoms with van der Waals surface area (Å²) in [4.78, 5) is 16.3. The van der Waals surface area contributed by atoms with Crippen LogP contribution in [0, 0.1) is 0 Å². The topological polar surface area (TPSA) is 86.5 Å². The molecule has 1 saturated carbocycles. The van der Waals surface area contributed by atoms with E-state index in [0.29, 0.717) is 0 Å². The van der Waals surface area contributed by atoms with Gasteiger partial charge in [0.1, 0.15) is 11.8 Å². The normalized spacial score (nSPS) is 22.6. The lowest BCUT2D eigenvalue weighted by Crippen LogP contribution is -2.51. The van der Waals surface area contributed by atoms with Crippen LogP contribution in [0.25, 0.3) is 10.8 Å². The summed E-state index contributed by atoms with van der Waals surface area (Å²) in [5.74, 6) is 0.749. The third-order valence-corrected chi connectivity index (χ3v) is 5.14. The molecule has 140 valence electrons. The Hall–Kier alpha value is -2.18. The summed E-state index contributed by atoms with van der Waals surface area (Å²) in [6.07, 6.45) is 7.07. The number of nitrogens with two attached hydrogens (primary N) is 1. The number of amides is 1. The zero-order chi connectivity index (χ0) is 18.5. The van der Waals surface area contributed by atoms with Gasteiger partial charge in [0, 0.05) is 36.3 Å². The monoisotopic (exact) mass is 357 g/mol. The second-order valence-electron chi connectivity index (χ2n) is 6.92. The lowest BCUT2D eigenvalue weighted by atomic mass is 9.92. The molecule has 1 fully saturated rings. The summed E-state index contributed by atoms with van der Waals surface area (Å²) >= 11 is 0. The Kier molecular flexibility index (Phi) is 6.06. The molecule has 1 aromatic carbocycles. The maximum absolute atomic E-state index is 12.2. The Morgan fingerprint density at radius 3 is 2.77 bits per heavy atom. The van der Waals surface area contributed by atoms with Crippen LogP contribution in [0.1, 0.15) is 32.6 Å². The number of nitrogens with one attached hydrogen (secondary N) is 1. The van der Waals surface area contributed by atoms with Crippen molar-refractivity contribution in [2.45, 2.75) is 56.9 Å². The molecule has 0 radical (unpaired) electrons. The van der Waals surface area contributed by atoms with Gasteiger partial charge in [-0.15, -0.1) is 0 Å². The van der Waals surface area contributed by atoms with Gasteiger partial charge in [0.15, 0.2) is 0 Å². The lowest BCUT2D eigenvalue weighted by Gasteiger charge is -2.31. The molecule has 1 amide bonds. The van der Waals surface area contributed by atoms with Gasteiger partial charge in [0.2, 0.25) is 5.91 Å². The first-order valence-corrected chi connectivity index (χ1v) is 9.16. The van der Waals surface area contributed by atoms with Crippen molar-refractivity contribution in [2.75, 3.05) is 7.11 Å². The second-order valence-corrected chi connectivity index (χ2v) is 6.92. The number of methoxy groups -OCH3 is 1. The molecule has 26 heavy (non-hydrogen) atoms. The number of hydrogen-bond acceptors (Lipinski definition) is 5. The van der Waals surface area contributed by atoms with Crippen LogP contribution in [-0.2, 0) is 9.53 Å². The maximum atomic E-state index is 12.2. The summed E-state index contributed by atoms with van der Waals surface area (Å²) in [7, 11) is 1.56. The van der Waals surface area contributed by atoms with Gasteiger partial charge in [0.25, 0.3) is 0 Å². The molecular formula is C20H27N3O3. The number of carbonyl (C=O) groups excluding carboxylic acids is 1.